The molecule has 0 fully saturated rings. The van der Waals surface area contributed by atoms with Crippen LogP contribution in [-0.4, -0.2) is 28.8 Å². The Balaban J connectivity index is 1.65. The molecule has 1 aliphatic heterocycles. The van der Waals surface area contributed by atoms with Gasteiger partial charge < -0.3 is 8.98 Å². The monoisotopic (exact) mass is 395 g/mol. The van der Waals surface area contributed by atoms with Crippen molar-refractivity contribution < 1.29 is 12.8 Å². The van der Waals surface area contributed by atoms with Crippen LogP contribution in [0.2, 0.25) is 0 Å². The van der Waals surface area contributed by atoms with Crippen molar-refractivity contribution in [2.24, 2.45) is 0 Å². The molecule has 0 saturated heterocycles. The SMILES string of the molecule is O=c1[nH]c2ccc(S(=O)(=O)N3CCn4cccc4C3c3ccccc3)cc2o1. The summed E-state index contributed by atoms with van der Waals surface area (Å²) < 4.78 is 35.7. The molecular formula is C20H17N3O4S. The molecular weight excluding hydrogens is 378 g/mol. The van der Waals surface area contributed by atoms with E-state index in [2.05, 4.69) is 9.55 Å². The molecule has 7 nitrogen and oxygen atoms in total. The number of hydrogen-bond acceptors (Lipinski definition) is 4. The topological polar surface area (TPSA) is 88.3 Å². The zero-order chi connectivity index (χ0) is 19.3. The zero-order valence-electron chi connectivity index (χ0n) is 14.8. The third-order valence-corrected chi connectivity index (χ3v) is 6.97. The van der Waals surface area contributed by atoms with Gasteiger partial charge in [-0.3, -0.25) is 4.98 Å². The van der Waals surface area contributed by atoms with Crippen molar-refractivity contribution in [1.29, 1.82) is 0 Å². The molecule has 28 heavy (non-hydrogen) atoms. The minimum absolute atomic E-state index is 0.101. The second-order valence-corrected chi connectivity index (χ2v) is 8.62. The molecule has 1 atom stereocenters. The molecule has 0 spiro atoms. The largest absolute Gasteiger partial charge is 0.417 e. The summed E-state index contributed by atoms with van der Waals surface area (Å²) in [6.07, 6.45) is 1.97. The summed E-state index contributed by atoms with van der Waals surface area (Å²) in [6.45, 7) is 0.922. The molecule has 1 unspecified atom stereocenters. The molecule has 2 aromatic heterocycles. The van der Waals surface area contributed by atoms with Crippen LogP contribution in [-0.2, 0) is 16.6 Å². The first kappa shape index (κ1) is 17.0. The van der Waals surface area contributed by atoms with Crippen LogP contribution in [0.1, 0.15) is 17.3 Å². The molecule has 4 aromatic rings. The summed E-state index contributed by atoms with van der Waals surface area (Å²) >= 11 is 0. The maximum atomic E-state index is 13.5. The maximum Gasteiger partial charge on any atom is 0.417 e. The van der Waals surface area contributed by atoms with Crippen LogP contribution in [0.4, 0.5) is 0 Å². The van der Waals surface area contributed by atoms with Gasteiger partial charge in [0, 0.05) is 31.0 Å². The van der Waals surface area contributed by atoms with Gasteiger partial charge in [-0.05, 0) is 29.8 Å². The number of benzene rings is 2. The van der Waals surface area contributed by atoms with Crippen molar-refractivity contribution in [3.63, 3.8) is 0 Å². The predicted molar refractivity (Wildman–Crippen MR) is 103 cm³/mol. The van der Waals surface area contributed by atoms with E-state index in [4.69, 9.17) is 4.42 Å². The fourth-order valence-corrected chi connectivity index (χ4v) is 5.41. The predicted octanol–water partition coefficient (Wildman–Crippen LogP) is 2.72. The van der Waals surface area contributed by atoms with Gasteiger partial charge in [0.05, 0.1) is 16.5 Å². The van der Waals surface area contributed by atoms with E-state index in [0.29, 0.717) is 18.6 Å². The van der Waals surface area contributed by atoms with Crippen molar-refractivity contribution >= 4 is 21.1 Å². The van der Waals surface area contributed by atoms with Gasteiger partial charge >= 0.3 is 5.76 Å². The molecule has 0 amide bonds. The number of nitrogens with one attached hydrogen (secondary N) is 1. The van der Waals surface area contributed by atoms with E-state index in [1.54, 1.807) is 6.07 Å². The number of fused-ring (bicyclic) bond motifs is 2. The van der Waals surface area contributed by atoms with Crippen molar-refractivity contribution in [3.8, 4) is 0 Å². The van der Waals surface area contributed by atoms with Gasteiger partial charge in [-0.25, -0.2) is 13.2 Å². The van der Waals surface area contributed by atoms with Crippen molar-refractivity contribution in [1.82, 2.24) is 13.9 Å². The lowest BCUT2D eigenvalue weighted by molar-refractivity contribution is 0.298. The van der Waals surface area contributed by atoms with E-state index in [-0.39, 0.29) is 10.5 Å². The molecule has 142 valence electrons. The number of aromatic amines is 1. The average molecular weight is 395 g/mol. The first-order chi connectivity index (χ1) is 13.5. The summed E-state index contributed by atoms with van der Waals surface area (Å²) in [5.74, 6) is -0.609. The Morgan fingerprint density at radius 3 is 2.64 bits per heavy atom. The third-order valence-electron chi connectivity index (χ3n) is 5.11. The molecule has 1 N–H and O–H groups in total. The second kappa shape index (κ2) is 6.22. The second-order valence-electron chi connectivity index (χ2n) is 6.73. The van der Waals surface area contributed by atoms with Crippen LogP contribution >= 0.6 is 0 Å². The minimum Gasteiger partial charge on any atom is -0.408 e. The third kappa shape index (κ3) is 2.61. The number of aromatic nitrogens is 2. The van der Waals surface area contributed by atoms with Gasteiger partial charge in [0.1, 0.15) is 0 Å². The smallest absolute Gasteiger partial charge is 0.408 e. The van der Waals surface area contributed by atoms with Crippen molar-refractivity contribution in [3.05, 3.63) is 88.7 Å². The molecule has 0 bridgehead atoms. The Morgan fingerprint density at radius 1 is 1.00 bits per heavy atom. The fourth-order valence-electron chi connectivity index (χ4n) is 3.81. The normalized spacial score (nSPS) is 17.6. The summed E-state index contributed by atoms with van der Waals surface area (Å²) in [5, 5.41) is 0. The summed E-state index contributed by atoms with van der Waals surface area (Å²) in [5.41, 5.74) is 2.52. The van der Waals surface area contributed by atoms with Crippen molar-refractivity contribution in [2.45, 2.75) is 17.5 Å². The molecule has 3 heterocycles. The van der Waals surface area contributed by atoms with Crippen LogP contribution in [0.5, 0.6) is 0 Å². The Kier molecular flexibility index (Phi) is 3.78. The van der Waals surface area contributed by atoms with Gasteiger partial charge in [0.15, 0.2) is 5.58 Å². The van der Waals surface area contributed by atoms with E-state index in [1.165, 1.54) is 16.4 Å². The maximum absolute atomic E-state index is 13.5. The molecule has 8 heteroatoms. The van der Waals surface area contributed by atoms with E-state index in [0.717, 1.165) is 11.3 Å². The summed E-state index contributed by atoms with van der Waals surface area (Å²) in [7, 11) is -3.82. The molecule has 0 aliphatic carbocycles. The Hall–Kier alpha value is -3.10. The lowest BCUT2D eigenvalue weighted by Gasteiger charge is -2.36. The number of nitrogens with zero attached hydrogens (tertiary/aromatic N) is 2. The zero-order valence-corrected chi connectivity index (χ0v) is 15.6. The number of H-pyrrole nitrogens is 1. The van der Waals surface area contributed by atoms with E-state index in [1.807, 2.05) is 48.7 Å². The highest BCUT2D eigenvalue weighted by Crippen LogP contribution is 2.36. The van der Waals surface area contributed by atoms with Crippen LogP contribution in [0.3, 0.4) is 0 Å². The highest BCUT2D eigenvalue weighted by molar-refractivity contribution is 7.89. The Morgan fingerprint density at radius 2 is 1.82 bits per heavy atom. The highest BCUT2D eigenvalue weighted by Gasteiger charge is 2.37. The summed E-state index contributed by atoms with van der Waals surface area (Å²) in [6, 6.07) is 17.5. The Bertz CT molecular complexity index is 1320. The fraction of sp³-hybridized carbons (Fsp3) is 0.150. The van der Waals surface area contributed by atoms with Gasteiger partial charge in [-0.1, -0.05) is 30.3 Å². The highest BCUT2D eigenvalue weighted by atomic mass is 32.2. The van der Waals surface area contributed by atoms with E-state index >= 15 is 0 Å². The minimum atomic E-state index is -3.82. The molecule has 5 rings (SSSR count). The molecule has 0 radical (unpaired) electrons. The summed E-state index contributed by atoms with van der Waals surface area (Å²) in [4.78, 5) is 14.0. The van der Waals surface area contributed by atoms with Crippen LogP contribution in [0.25, 0.3) is 11.1 Å². The van der Waals surface area contributed by atoms with Gasteiger partial charge in [0.2, 0.25) is 10.0 Å². The first-order valence-electron chi connectivity index (χ1n) is 8.89. The first-order valence-corrected chi connectivity index (χ1v) is 10.3. The van der Waals surface area contributed by atoms with Gasteiger partial charge in [0.25, 0.3) is 0 Å². The lowest BCUT2D eigenvalue weighted by atomic mass is 10.0. The molecule has 0 saturated carbocycles. The van der Waals surface area contributed by atoms with Gasteiger partial charge in [-0.15, -0.1) is 0 Å². The lowest BCUT2D eigenvalue weighted by Crippen LogP contribution is -2.42. The molecule has 2 aromatic carbocycles. The van der Waals surface area contributed by atoms with Crippen molar-refractivity contribution in [2.75, 3.05) is 6.54 Å². The average Bonchev–Trinajstić information content (AvgIpc) is 3.32. The standard InChI is InChI=1S/C20H17N3O4S/c24-20-21-16-9-8-15(13-18(16)27-20)28(25,26)23-12-11-22-10-4-7-17(22)19(23)14-5-2-1-3-6-14/h1-10,13,19H,11-12H2,(H,21,24). The number of rotatable bonds is 3. The quantitative estimate of drug-likeness (QED) is 0.578. The molecule has 1 aliphatic rings. The van der Waals surface area contributed by atoms with Crippen LogP contribution in [0.15, 0.2) is 81.0 Å². The number of hydrogen-bond donors (Lipinski definition) is 1. The number of sulfonamides is 1. The van der Waals surface area contributed by atoms with Crippen LogP contribution in [0, 0.1) is 0 Å². The van der Waals surface area contributed by atoms with E-state index in [9.17, 15) is 13.2 Å². The van der Waals surface area contributed by atoms with Gasteiger partial charge in [-0.2, -0.15) is 4.31 Å². The van der Waals surface area contributed by atoms with E-state index < -0.39 is 21.8 Å². The Labute approximate surface area is 160 Å². The van der Waals surface area contributed by atoms with Crippen LogP contribution < -0.4 is 5.76 Å². The number of oxazole rings is 1.